The van der Waals surface area contributed by atoms with Gasteiger partial charge < -0.3 is 15.1 Å². The Kier molecular flexibility index (Phi) is 4.26. The predicted octanol–water partition coefficient (Wildman–Crippen LogP) is 0.887. The Bertz CT molecular complexity index is 434. The van der Waals surface area contributed by atoms with Gasteiger partial charge >= 0.3 is 5.97 Å². The lowest BCUT2D eigenvalue weighted by molar-refractivity contribution is -0.147. The maximum Gasteiger partial charge on any atom is 0.326 e. The zero-order chi connectivity index (χ0) is 13.1. The topological polar surface area (TPSA) is 77.8 Å². The molecule has 0 bridgehead atoms. The predicted molar refractivity (Wildman–Crippen MR) is 68.8 cm³/mol. The number of likely N-dealkylation sites (tertiary alicyclic amines) is 1. The molecule has 1 unspecified atom stereocenters. The highest BCUT2D eigenvalue weighted by molar-refractivity contribution is 8.01. The van der Waals surface area contributed by atoms with E-state index in [2.05, 4.69) is 0 Å². The van der Waals surface area contributed by atoms with Crippen LogP contribution in [0.3, 0.4) is 0 Å². The summed E-state index contributed by atoms with van der Waals surface area (Å²) in [6.07, 6.45) is -0.619. The quantitative estimate of drug-likeness (QED) is 0.804. The van der Waals surface area contributed by atoms with Crippen LogP contribution in [0.1, 0.15) is 6.42 Å². The van der Waals surface area contributed by atoms with Crippen LogP contribution in [0.15, 0.2) is 21.7 Å². The minimum Gasteiger partial charge on any atom is -0.480 e. The molecule has 2 heterocycles. The summed E-state index contributed by atoms with van der Waals surface area (Å²) in [6, 6.07) is 2.92. The second-order valence-electron chi connectivity index (χ2n) is 4.01. The van der Waals surface area contributed by atoms with Gasteiger partial charge in [-0.1, -0.05) is 6.07 Å². The number of thioether (sulfide) groups is 1. The molecule has 0 spiro atoms. The number of thiophene rings is 1. The van der Waals surface area contributed by atoms with Gasteiger partial charge in [0, 0.05) is 13.0 Å². The van der Waals surface area contributed by atoms with Crippen LogP contribution in [0, 0.1) is 0 Å². The first kappa shape index (κ1) is 13.4. The SMILES string of the molecule is O=C(O)[C@@H]1CC(O)CN1C(=O)CSc1cccs1. The van der Waals surface area contributed by atoms with E-state index in [-0.39, 0.29) is 24.6 Å². The number of aliphatic carboxylic acids is 1. The fourth-order valence-corrected chi connectivity index (χ4v) is 3.56. The molecule has 1 fully saturated rings. The van der Waals surface area contributed by atoms with Crippen molar-refractivity contribution in [3.05, 3.63) is 17.5 Å². The molecular formula is C11H13NO4S2. The molecule has 1 aromatic rings. The number of carboxylic acids is 1. The molecule has 5 nitrogen and oxygen atoms in total. The van der Waals surface area contributed by atoms with Gasteiger partial charge in [0.05, 0.1) is 16.1 Å². The van der Waals surface area contributed by atoms with E-state index in [1.54, 1.807) is 11.3 Å². The van der Waals surface area contributed by atoms with E-state index in [4.69, 9.17) is 5.11 Å². The van der Waals surface area contributed by atoms with Crippen LogP contribution in [0.4, 0.5) is 0 Å². The number of nitrogens with zero attached hydrogens (tertiary/aromatic N) is 1. The minimum absolute atomic E-state index is 0.112. The number of carboxylic acid groups (broad SMARTS) is 1. The molecule has 1 aromatic heterocycles. The average molecular weight is 287 g/mol. The van der Waals surface area contributed by atoms with Crippen molar-refractivity contribution >= 4 is 35.0 Å². The van der Waals surface area contributed by atoms with E-state index < -0.39 is 18.1 Å². The van der Waals surface area contributed by atoms with Crippen LogP contribution in [-0.2, 0) is 9.59 Å². The van der Waals surface area contributed by atoms with Crippen molar-refractivity contribution in [1.29, 1.82) is 0 Å². The third kappa shape index (κ3) is 3.04. The van der Waals surface area contributed by atoms with Crippen LogP contribution in [0.5, 0.6) is 0 Å². The molecule has 7 heteroatoms. The molecule has 0 radical (unpaired) electrons. The first-order chi connectivity index (χ1) is 8.58. The highest BCUT2D eigenvalue weighted by atomic mass is 32.2. The van der Waals surface area contributed by atoms with Crippen molar-refractivity contribution in [2.75, 3.05) is 12.3 Å². The number of hydrogen-bond donors (Lipinski definition) is 2. The molecule has 0 aromatic carbocycles. The molecule has 0 aliphatic carbocycles. The molecule has 0 saturated carbocycles. The molecule has 1 aliphatic heterocycles. The second-order valence-corrected chi connectivity index (χ2v) is 6.23. The van der Waals surface area contributed by atoms with Crippen molar-refractivity contribution < 1.29 is 19.8 Å². The first-order valence-corrected chi connectivity index (χ1v) is 7.31. The summed E-state index contributed by atoms with van der Waals surface area (Å²) in [5, 5.41) is 20.4. The van der Waals surface area contributed by atoms with Gasteiger partial charge in [0.1, 0.15) is 6.04 Å². The number of aliphatic hydroxyl groups is 1. The normalized spacial score (nSPS) is 23.3. The Hall–Kier alpha value is -1.05. The van der Waals surface area contributed by atoms with Gasteiger partial charge in [-0.3, -0.25) is 4.79 Å². The van der Waals surface area contributed by atoms with Crippen molar-refractivity contribution in [2.24, 2.45) is 0 Å². The summed E-state index contributed by atoms with van der Waals surface area (Å²) < 4.78 is 1.02. The fraction of sp³-hybridized carbons (Fsp3) is 0.455. The molecule has 2 N–H and O–H groups in total. The first-order valence-electron chi connectivity index (χ1n) is 5.44. The molecular weight excluding hydrogens is 274 g/mol. The summed E-state index contributed by atoms with van der Waals surface area (Å²) in [7, 11) is 0. The molecule has 98 valence electrons. The van der Waals surface area contributed by atoms with Gasteiger partial charge in [0.2, 0.25) is 5.91 Å². The third-order valence-corrected chi connectivity index (χ3v) is 4.83. The number of hydrogen-bond acceptors (Lipinski definition) is 5. The van der Waals surface area contributed by atoms with Crippen LogP contribution >= 0.6 is 23.1 Å². The standard InChI is InChI=1S/C11H13NO4S2/c13-7-4-8(11(15)16)12(5-7)9(14)6-18-10-2-1-3-17-10/h1-3,7-8,13H,4-6H2,(H,15,16)/t7?,8-/m0/s1. The lowest BCUT2D eigenvalue weighted by Gasteiger charge is -2.20. The van der Waals surface area contributed by atoms with Gasteiger partial charge in [-0.05, 0) is 11.4 Å². The van der Waals surface area contributed by atoms with E-state index in [1.807, 2.05) is 17.5 Å². The smallest absolute Gasteiger partial charge is 0.326 e. The Morgan fingerprint density at radius 1 is 1.56 bits per heavy atom. The minimum atomic E-state index is -1.05. The van der Waals surface area contributed by atoms with Crippen LogP contribution < -0.4 is 0 Å². The van der Waals surface area contributed by atoms with Crippen LogP contribution in [0.2, 0.25) is 0 Å². The number of carbonyl (C=O) groups excluding carboxylic acids is 1. The Balaban J connectivity index is 1.93. The van der Waals surface area contributed by atoms with Crippen molar-refractivity contribution in [3.63, 3.8) is 0 Å². The maximum atomic E-state index is 11.9. The summed E-state index contributed by atoms with van der Waals surface area (Å²) in [5.41, 5.74) is 0. The molecule has 1 aliphatic rings. The second kappa shape index (κ2) is 5.73. The summed E-state index contributed by atoms with van der Waals surface area (Å²) >= 11 is 2.93. The number of rotatable bonds is 4. The fourth-order valence-electron chi connectivity index (χ4n) is 1.88. The number of amides is 1. The van der Waals surface area contributed by atoms with Crippen LogP contribution in [0.25, 0.3) is 0 Å². The van der Waals surface area contributed by atoms with E-state index in [9.17, 15) is 14.7 Å². The highest BCUT2D eigenvalue weighted by Crippen LogP contribution is 2.25. The zero-order valence-electron chi connectivity index (χ0n) is 9.48. The lowest BCUT2D eigenvalue weighted by atomic mass is 10.2. The number of β-amino-alcohol motifs (C(OH)–C–C–N with tert-alkyl or cyclic N) is 1. The van der Waals surface area contributed by atoms with Crippen molar-refractivity contribution in [3.8, 4) is 0 Å². The van der Waals surface area contributed by atoms with E-state index in [0.29, 0.717) is 0 Å². The van der Waals surface area contributed by atoms with Crippen molar-refractivity contribution in [2.45, 2.75) is 22.8 Å². The monoisotopic (exact) mass is 287 g/mol. The van der Waals surface area contributed by atoms with Crippen LogP contribution in [-0.4, -0.2) is 51.4 Å². The van der Waals surface area contributed by atoms with E-state index in [1.165, 1.54) is 16.7 Å². The van der Waals surface area contributed by atoms with Gasteiger partial charge in [-0.25, -0.2) is 4.79 Å². The highest BCUT2D eigenvalue weighted by Gasteiger charge is 2.38. The molecule has 1 saturated heterocycles. The summed E-state index contributed by atoms with van der Waals surface area (Å²) in [6.45, 7) is 0.112. The zero-order valence-corrected chi connectivity index (χ0v) is 11.1. The van der Waals surface area contributed by atoms with Gasteiger partial charge in [-0.15, -0.1) is 23.1 Å². The van der Waals surface area contributed by atoms with Gasteiger partial charge in [-0.2, -0.15) is 0 Å². The average Bonchev–Trinajstić information content (AvgIpc) is 2.94. The largest absolute Gasteiger partial charge is 0.480 e. The summed E-state index contributed by atoms with van der Waals surface area (Å²) in [5.74, 6) is -1.09. The Morgan fingerprint density at radius 2 is 2.33 bits per heavy atom. The van der Waals surface area contributed by atoms with Gasteiger partial charge in [0.25, 0.3) is 0 Å². The molecule has 18 heavy (non-hydrogen) atoms. The van der Waals surface area contributed by atoms with Crippen molar-refractivity contribution in [1.82, 2.24) is 4.90 Å². The lowest BCUT2D eigenvalue weighted by Crippen LogP contribution is -2.41. The van der Waals surface area contributed by atoms with E-state index in [0.717, 1.165) is 4.21 Å². The van der Waals surface area contributed by atoms with E-state index >= 15 is 0 Å². The molecule has 2 atom stereocenters. The third-order valence-electron chi connectivity index (χ3n) is 2.72. The summed E-state index contributed by atoms with van der Waals surface area (Å²) in [4.78, 5) is 24.2. The Morgan fingerprint density at radius 3 is 2.94 bits per heavy atom. The maximum absolute atomic E-state index is 11.9. The molecule has 1 amide bonds. The Labute approximate surface area is 112 Å². The van der Waals surface area contributed by atoms with Gasteiger partial charge in [0.15, 0.2) is 0 Å². The number of aliphatic hydroxyl groups excluding tert-OH is 1. The molecule has 2 rings (SSSR count). The number of carbonyl (C=O) groups is 2.